The molecule has 0 aliphatic heterocycles. The van der Waals surface area contributed by atoms with E-state index in [0.29, 0.717) is 5.58 Å². The van der Waals surface area contributed by atoms with Crippen molar-refractivity contribution in [3.8, 4) is 28.2 Å². The van der Waals surface area contributed by atoms with Gasteiger partial charge < -0.3 is 8.98 Å². The Labute approximate surface area is 261 Å². The van der Waals surface area contributed by atoms with Gasteiger partial charge in [0.15, 0.2) is 5.76 Å². The van der Waals surface area contributed by atoms with Crippen LogP contribution in [0.2, 0.25) is 0 Å². The van der Waals surface area contributed by atoms with Crippen LogP contribution >= 0.6 is 54.5 Å². The Hall–Kier alpha value is -3.47. The van der Waals surface area contributed by atoms with Crippen LogP contribution in [0.1, 0.15) is 16.1 Å². The van der Waals surface area contributed by atoms with E-state index in [4.69, 9.17) is 4.42 Å². The first-order chi connectivity index (χ1) is 19.5. The number of amides is 1. The summed E-state index contributed by atoms with van der Waals surface area (Å²) in [5.74, 6) is -0.222. The van der Waals surface area contributed by atoms with Crippen molar-refractivity contribution in [2.75, 3.05) is 0 Å². The molecule has 1 amide bonds. The summed E-state index contributed by atoms with van der Waals surface area (Å²) in [5, 5.41) is 5.20. The van der Waals surface area contributed by atoms with Gasteiger partial charge in [-0.25, -0.2) is 5.43 Å². The number of rotatable bonds is 6. The van der Waals surface area contributed by atoms with Gasteiger partial charge in [-0.05, 0) is 82.2 Å². The van der Waals surface area contributed by atoms with Gasteiger partial charge in [0, 0.05) is 25.6 Å². The van der Waals surface area contributed by atoms with Crippen molar-refractivity contribution in [3.63, 3.8) is 0 Å². The smallest absolute Gasteiger partial charge is 0.307 e. The van der Waals surface area contributed by atoms with Gasteiger partial charge in [0.05, 0.1) is 21.2 Å². The van der Waals surface area contributed by atoms with Crippen molar-refractivity contribution in [1.29, 1.82) is 0 Å². The molecule has 0 aliphatic rings. The van der Waals surface area contributed by atoms with Gasteiger partial charge in [0.1, 0.15) is 5.58 Å². The lowest BCUT2D eigenvalue weighted by atomic mass is 10.1. The molecule has 0 aliphatic carbocycles. The Kier molecular flexibility index (Phi) is 7.73. The monoisotopic (exact) mass is 763 g/mol. The number of halogens is 3. The molecular formula is C32H20Br2IN3O2. The molecule has 0 radical (unpaired) electrons. The second-order valence-corrected chi connectivity index (χ2v) is 12.0. The van der Waals surface area contributed by atoms with Crippen LogP contribution in [0, 0.1) is 3.57 Å². The molecule has 1 N–H and O–H groups in total. The van der Waals surface area contributed by atoms with Crippen LogP contribution in [-0.2, 0) is 0 Å². The van der Waals surface area contributed by atoms with E-state index in [1.165, 1.54) is 0 Å². The van der Waals surface area contributed by atoms with Gasteiger partial charge in [-0.3, -0.25) is 4.79 Å². The molecule has 6 aromatic rings. The Morgan fingerprint density at radius 1 is 0.825 bits per heavy atom. The van der Waals surface area contributed by atoms with Crippen LogP contribution in [0.3, 0.4) is 0 Å². The second kappa shape index (κ2) is 11.6. The second-order valence-electron chi connectivity index (χ2n) is 8.99. The maximum Gasteiger partial charge on any atom is 0.307 e. The zero-order chi connectivity index (χ0) is 27.6. The molecule has 0 saturated carbocycles. The predicted octanol–water partition coefficient (Wildman–Crippen LogP) is 9.45. The molecule has 5 nitrogen and oxygen atoms in total. The summed E-state index contributed by atoms with van der Waals surface area (Å²) < 4.78 is 10.9. The van der Waals surface area contributed by atoms with E-state index in [0.717, 1.165) is 51.7 Å². The Bertz CT molecular complexity index is 1860. The fraction of sp³-hybridized carbons (Fsp3) is 0. The maximum absolute atomic E-state index is 13.0. The van der Waals surface area contributed by atoms with Gasteiger partial charge in [-0.2, -0.15) is 5.10 Å². The molecule has 8 heteroatoms. The Balaban J connectivity index is 1.43. The SMILES string of the molecule is O=C(N/N=C/c1cc(-c2ccccc2)n(-c2ccc(Br)cc2)c1-c1ccccc1)c1cc2cc(Br)cc(I)c2o1. The van der Waals surface area contributed by atoms with E-state index < -0.39 is 5.91 Å². The molecule has 2 heterocycles. The molecule has 0 bridgehead atoms. The maximum atomic E-state index is 13.0. The average molecular weight is 765 g/mol. The normalized spacial score (nSPS) is 11.4. The molecule has 6 rings (SSSR count). The van der Waals surface area contributed by atoms with E-state index >= 15 is 0 Å². The number of hydrogen-bond acceptors (Lipinski definition) is 3. The molecule has 0 spiro atoms. The van der Waals surface area contributed by atoms with E-state index in [1.54, 1.807) is 12.3 Å². The van der Waals surface area contributed by atoms with Gasteiger partial charge >= 0.3 is 5.91 Å². The molecule has 0 fully saturated rings. The van der Waals surface area contributed by atoms with Crippen molar-refractivity contribution in [3.05, 3.63) is 133 Å². The fourth-order valence-electron chi connectivity index (χ4n) is 4.60. The summed E-state index contributed by atoms with van der Waals surface area (Å²) in [5.41, 5.74) is 9.24. The highest BCUT2D eigenvalue weighted by Crippen LogP contribution is 2.36. The molecule has 0 unspecified atom stereocenters. The zero-order valence-corrected chi connectivity index (χ0v) is 26.1. The molecule has 0 saturated heterocycles. The van der Waals surface area contributed by atoms with Gasteiger partial charge in [-0.1, -0.05) is 92.5 Å². The first-order valence-electron chi connectivity index (χ1n) is 12.3. The lowest BCUT2D eigenvalue weighted by molar-refractivity contribution is 0.0929. The van der Waals surface area contributed by atoms with Crippen LogP contribution in [-0.4, -0.2) is 16.7 Å². The van der Waals surface area contributed by atoms with Crippen molar-refractivity contribution in [1.82, 2.24) is 9.99 Å². The summed E-state index contributed by atoms with van der Waals surface area (Å²) in [4.78, 5) is 13.0. The van der Waals surface area contributed by atoms with E-state index in [-0.39, 0.29) is 5.76 Å². The van der Waals surface area contributed by atoms with Crippen LogP contribution in [0.15, 0.2) is 128 Å². The quantitative estimate of drug-likeness (QED) is 0.104. The number of nitrogens with zero attached hydrogens (tertiary/aromatic N) is 2. The number of hydrogen-bond donors (Lipinski definition) is 1. The third kappa shape index (κ3) is 5.43. The number of carbonyl (C=O) groups is 1. The van der Waals surface area contributed by atoms with Gasteiger partial charge in [-0.15, -0.1) is 0 Å². The lowest BCUT2D eigenvalue weighted by Gasteiger charge is -2.15. The average Bonchev–Trinajstić information content (AvgIpc) is 3.57. The number of fused-ring (bicyclic) bond motifs is 1. The van der Waals surface area contributed by atoms with Crippen LogP contribution in [0.5, 0.6) is 0 Å². The van der Waals surface area contributed by atoms with E-state index in [9.17, 15) is 4.79 Å². The number of aromatic nitrogens is 1. The highest BCUT2D eigenvalue weighted by Gasteiger charge is 2.19. The summed E-state index contributed by atoms with van der Waals surface area (Å²) in [6.45, 7) is 0. The summed E-state index contributed by atoms with van der Waals surface area (Å²) >= 11 is 9.24. The number of carbonyl (C=O) groups excluding carboxylic acids is 1. The number of benzene rings is 4. The molecule has 4 aromatic carbocycles. The number of furan rings is 1. The molecular weight excluding hydrogens is 745 g/mol. The van der Waals surface area contributed by atoms with Crippen molar-refractivity contribution >= 4 is 77.5 Å². The standard InChI is InChI=1S/C32H20Br2IN3O2/c33-24-11-13-26(14-12-24)38-28(20-7-3-1-4-8-20)16-23(30(38)21-9-5-2-6-10-21)19-36-37-32(39)29-17-22-15-25(34)18-27(35)31(22)40-29/h1-19H,(H,37,39)/b36-19+. The molecule has 0 atom stereocenters. The summed E-state index contributed by atoms with van der Waals surface area (Å²) in [6.07, 6.45) is 1.69. The fourth-order valence-corrected chi connectivity index (χ4v) is 6.53. The van der Waals surface area contributed by atoms with Gasteiger partial charge in [0.2, 0.25) is 0 Å². The lowest BCUT2D eigenvalue weighted by Crippen LogP contribution is -2.16. The van der Waals surface area contributed by atoms with Crippen molar-refractivity contribution < 1.29 is 9.21 Å². The first kappa shape index (κ1) is 26.7. The first-order valence-corrected chi connectivity index (χ1v) is 15.0. The number of hydrazone groups is 1. The van der Waals surface area contributed by atoms with E-state index in [2.05, 4.69) is 112 Å². The highest BCUT2D eigenvalue weighted by atomic mass is 127. The minimum atomic E-state index is -0.420. The molecule has 2 aromatic heterocycles. The van der Waals surface area contributed by atoms with Gasteiger partial charge in [0.25, 0.3) is 0 Å². The van der Waals surface area contributed by atoms with Crippen molar-refractivity contribution in [2.45, 2.75) is 0 Å². The summed E-state index contributed by atoms with van der Waals surface area (Å²) in [6, 6.07) is 36.3. The number of nitrogens with one attached hydrogen (secondary N) is 1. The summed E-state index contributed by atoms with van der Waals surface area (Å²) in [7, 11) is 0. The topological polar surface area (TPSA) is 59.5 Å². The highest BCUT2D eigenvalue weighted by molar-refractivity contribution is 14.1. The minimum absolute atomic E-state index is 0.198. The Morgan fingerprint density at radius 3 is 2.20 bits per heavy atom. The molecule has 40 heavy (non-hydrogen) atoms. The third-order valence-corrected chi connectivity index (χ3v) is 8.15. The van der Waals surface area contributed by atoms with Crippen molar-refractivity contribution in [2.24, 2.45) is 5.10 Å². The van der Waals surface area contributed by atoms with Crippen LogP contribution in [0.4, 0.5) is 0 Å². The van der Waals surface area contributed by atoms with Crippen LogP contribution in [0.25, 0.3) is 39.2 Å². The predicted molar refractivity (Wildman–Crippen MR) is 176 cm³/mol. The minimum Gasteiger partial charge on any atom is -0.450 e. The van der Waals surface area contributed by atoms with Crippen LogP contribution < -0.4 is 5.43 Å². The molecule has 196 valence electrons. The van der Waals surface area contributed by atoms with E-state index in [1.807, 2.05) is 60.7 Å². The largest absolute Gasteiger partial charge is 0.450 e. The zero-order valence-electron chi connectivity index (χ0n) is 20.8. The Morgan fingerprint density at radius 2 is 1.50 bits per heavy atom. The third-order valence-electron chi connectivity index (χ3n) is 6.36.